The summed E-state index contributed by atoms with van der Waals surface area (Å²) >= 11 is 0. The first kappa shape index (κ1) is 22.9. The van der Waals surface area contributed by atoms with Crippen LogP contribution in [0.2, 0.25) is 0 Å². The molecule has 1 heterocycles. The lowest BCUT2D eigenvalue weighted by atomic mass is 10.0. The van der Waals surface area contributed by atoms with Crippen molar-refractivity contribution in [3.8, 4) is 0 Å². The fraction of sp³-hybridized carbons (Fsp3) is 0.682. The van der Waals surface area contributed by atoms with Crippen molar-refractivity contribution in [1.29, 1.82) is 0 Å². The second kappa shape index (κ2) is 8.04. The molecule has 0 aliphatic heterocycles. The molecule has 1 aromatic rings. The number of carbonyl (C=O) groups is 2. The van der Waals surface area contributed by atoms with E-state index >= 15 is 0 Å². The van der Waals surface area contributed by atoms with Gasteiger partial charge in [0.2, 0.25) is 5.91 Å². The summed E-state index contributed by atoms with van der Waals surface area (Å²) in [6.07, 6.45) is 5.58. The summed E-state index contributed by atoms with van der Waals surface area (Å²) in [5.74, 6) is -0.223. The van der Waals surface area contributed by atoms with Crippen LogP contribution in [0.1, 0.15) is 71.8 Å². The molecule has 2 atom stereocenters. The van der Waals surface area contributed by atoms with E-state index in [2.05, 4.69) is 15.0 Å². The molecule has 2 fully saturated rings. The van der Waals surface area contributed by atoms with E-state index in [0.29, 0.717) is 0 Å². The monoisotopic (exact) mass is 435 g/mol. The molecule has 2 aliphatic carbocycles. The Bertz CT molecular complexity index is 911. The summed E-state index contributed by atoms with van der Waals surface area (Å²) < 4.78 is 27.4. The minimum atomic E-state index is -3.70. The molecule has 0 saturated heterocycles. The van der Waals surface area contributed by atoms with Crippen molar-refractivity contribution in [2.24, 2.45) is 17.3 Å². The number of hydrogen-bond acceptors (Lipinski definition) is 5. The quantitative estimate of drug-likeness (QED) is 0.685. The second-order valence-corrected chi connectivity index (χ2v) is 11.9. The van der Waals surface area contributed by atoms with Crippen LogP contribution >= 0.6 is 0 Å². The molecule has 8 heteroatoms. The van der Waals surface area contributed by atoms with E-state index < -0.39 is 15.6 Å². The molecule has 0 unspecified atom stereocenters. The second-order valence-electron chi connectivity index (χ2n) is 10.2. The zero-order valence-electron chi connectivity index (χ0n) is 18.5. The van der Waals surface area contributed by atoms with Crippen molar-refractivity contribution < 1.29 is 18.0 Å². The van der Waals surface area contributed by atoms with Gasteiger partial charge in [0.15, 0.2) is 10.8 Å². The van der Waals surface area contributed by atoms with Crippen molar-refractivity contribution >= 4 is 21.7 Å². The van der Waals surface area contributed by atoms with Gasteiger partial charge in [0.05, 0.1) is 12.5 Å². The number of nitrogens with one attached hydrogen (secondary N) is 2. The number of sulfonamides is 1. The number of rotatable bonds is 7. The SMILES string of the molecule is CC(C)(C)NS(=O)(=O)c1ccc([C@@H]2[C@@H](C(=O)NCC(=O)C3CCCC3)C2(C)C)cn1. The number of amides is 1. The Labute approximate surface area is 179 Å². The highest BCUT2D eigenvalue weighted by Crippen LogP contribution is 2.64. The lowest BCUT2D eigenvalue weighted by molar-refractivity contribution is -0.128. The van der Waals surface area contributed by atoms with Crippen molar-refractivity contribution in [3.63, 3.8) is 0 Å². The Morgan fingerprint density at radius 2 is 1.80 bits per heavy atom. The first-order chi connectivity index (χ1) is 13.8. The van der Waals surface area contributed by atoms with Gasteiger partial charge in [0.1, 0.15) is 0 Å². The Hall–Kier alpha value is -1.80. The molecular formula is C22H33N3O4S. The van der Waals surface area contributed by atoms with Crippen LogP contribution in [0.15, 0.2) is 23.4 Å². The van der Waals surface area contributed by atoms with Crippen LogP contribution in [-0.2, 0) is 19.6 Å². The van der Waals surface area contributed by atoms with Crippen LogP contribution in [0.5, 0.6) is 0 Å². The third-order valence-corrected chi connectivity index (χ3v) is 7.86. The van der Waals surface area contributed by atoms with Gasteiger partial charge in [-0.2, -0.15) is 0 Å². The normalized spacial score (nSPS) is 23.9. The van der Waals surface area contributed by atoms with Crippen LogP contribution in [0, 0.1) is 17.3 Å². The number of aromatic nitrogens is 1. The molecule has 2 saturated carbocycles. The first-order valence-corrected chi connectivity index (χ1v) is 12.1. The predicted octanol–water partition coefficient (Wildman–Crippen LogP) is 2.77. The lowest BCUT2D eigenvalue weighted by Gasteiger charge is -2.19. The molecule has 7 nitrogen and oxygen atoms in total. The molecule has 0 spiro atoms. The minimum absolute atomic E-state index is 0.0391. The molecule has 0 radical (unpaired) electrons. The molecular weight excluding hydrogens is 402 g/mol. The summed E-state index contributed by atoms with van der Waals surface area (Å²) in [5.41, 5.74) is -0.0415. The topological polar surface area (TPSA) is 105 Å². The lowest BCUT2D eigenvalue weighted by Crippen LogP contribution is -2.40. The molecule has 1 amide bonds. The molecule has 30 heavy (non-hydrogen) atoms. The van der Waals surface area contributed by atoms with Gasteiger partial charge in [-0.1, -0.05) is 32.8 Å². The zero-order valence-corrected chi connectivity index (χ0v) is 19.3. The van der Waals surface area contributed by atoms with E-state index in [1.165, 1.54) is 6.07 Å². The summed E-state index contributed by atoms with van der Waals surface area (Å²) in [6, 6.07) is 3.21. The van der Waals surface area contributed by atoms with Gasteiger partial charge in [-0.05, 0) is 50.7 Å². The summed E-state index contributed by atoms with van der Waals surface area (Å²) in [6.45, 7) is 9.42. The van der Waals surface area contributed by atoms with E-state index in [-0.39, 0.29) is 46.4 Å². The van der Waals surface area contributed by atoms with Gasteiger partial charge in [-0.3, -0.25) is 9.59 Å². The van der Waals surface area contributed by atoms with Gasteiger partial charge in [0, 0.05) is 23.6 Å². The number of nitrogens with zero attached hydrogens (tertiary/aromatic N) is 1. The number of pyridine rings is 1. The average molecular weight is 436 g/mol. The standard InChI is InChI=1S/C22H33N3O4S/c1-21(2,3)25-30(28,29)17-11-10-15(12-23-17)18-19(22(18,4)5)20(27)24-13-16(26)14-8-6-7-9-14/h10-12,14,18-19,25H,6-9,13H2,1-5H3,(H,24,27)/t18-,19+/m1/s1. The van der Waals surface area contributed by atoms with Gasteiger partial charge in [-0.15, -0.1) is 0 Å². The van der Waals surface area contributed by atoms with Crippen molar-refractivity contribution in [2.45, 2.75) is 76.8 Å². The first-order valence-electron chi connectivity index (χ1n) is 10.6. The molecule has 166 valence electrons. The van der Waals surface area contributed by atoms with Gasteiger partial charge < -0.3 is 5.32 Å². The number of hydrogen-bond donors (Lipinski definition) is 2. The Balaban J connectivity index is 1.64. The third-order valence-electron chi connectivity index (χ3n) is 6.19. The van der Waals surface area contributed by atoms with Crippen LogP contribution in [0.3, 0.4) is 0 Å². The molecule has 3 rings (SSSR count). The molecule has 0 aromatic carbocycles. The van der Waals surface area contributed by atoms with E-state index in [1.54, 1.807) is 33.0 Å². The molecule has 2 aliphatic rings. The highest BCUT2D eigenvalue weighted by Gasteiger charge is 2.62. The summed E-state index contributed by atoms with van der Waals surface area (Å²) in [7, 11) is -3.70. The van der Waals surface area contributed by atoms with Crippen molar-refractivity contribution in [1.82, 2.24) is 15.0 Å². The fourth-order valence-corrected chi connectivity index (χ4v) is 5.96. The van der Waals surface area contributed by atoms with E-state index in [1.807, 2.05) is 13.8 Å². The Morgan fingerprint density at radius 3 is 2.33 bits per heavy atom. The van der Waals surface area contributed by atoms with Crippen LogP contribution in [0.25, 0.3) is 0 Å². The Kier molecular flexibility index (Phi) is 6.13. The van der Waals surface area contributed by atoms with Crippen LogP contribution < -0.4 is 10.0 Å². The predicted molar refractivity (Wildman–Crippen MR) is 114 cm³/mol. The van der Waals surface area contributed by atoms with Crippen LogP contribution in [0.4, 0.5) is 0 Å². The van der Waals surface area contributed by atoms with E-state index in [0.717, 1.165) is 31.2 Å². The highest BCUT2D eigenvalue weighted by molar-refractivity contribution is 7.89. The molecule has 1 aromatic heterocycles. The number of Topliss-reactive ketones (excluding diaryl/α,β-unsaturated/α-hetero) is 1. The fourth-order valence-electron chi connectivity index (χ4n) is 4.62. The summed E-state index contributed by atoms with van der Waals surface area (Å²) in [5, 5.41) is 2.78. The van der Waals surface area contributed by atoms with Crippen molar-refractivity contribution in [3.05, 3.63) is 23.9 Å². The van der Waals surface area contributed by atoms with Gasteiger partial charge in [0.25, 0.3) is 10.0 Å². The Morgan fingerprint density at radius 1 is 1.17 bits per heavy atom. The zero-order chi connectivity index (χ0) is 22.3. The summed E-state index contributed by atoms with van der Waals surface area (Å²) in [4.78, 5) is 29.1. The van der Waals surface area contributed by atoms with Crippen LogP contribution in [-0.4, -0.2) is 37.2 Å². The smallest absolute Gasteiger partial charge is 0.258 e. The minimum Gasteiger partial charge on any atom is -0.349 e. The maximum Gasteiger partial charge on any atom is 0.258 e. The van der Waals surface area contributed by atoms with Crippen molar-refractivity contribution in [2.75, 3.05) is 6.54 Å². The van der Waals surface area contributed by atoms with E-state index in [9.17, 15) is 18.0 Å². The highest BCUT2D eigenvalue weighted by atomic mass is 32.2. The van der Waals surface area contributed by atoms with Gasteiger partial charge in [-0.25, -0.2) is 18.1 Å². The number of ketones is 1. The number of carbonyl (C=O) groups excluding carboxylic acids is 2. The largest absolute Gasteiger partial charge is 0.349 e. The average Bonchev–Trinajstić information content (AvgIpc) is 2.98. The third kappa shape index (κ3) is 4.91. The van der Waals surface area contributed by atoms with E-state index in [4.69, 9.17) is 0 Å². The molecule has 2 N–H and O–H groups in total. The van der Waals surface area contributed by atoms with Gasteiger partial charge >= 0.3 is 0 Å². The molecule has 0 bridgehead atoms. The maximum absolute atomic E-state index is 12.7. The maximum atomic E-state index is 12.7.